The first-order chi connectivity index (χ1) is 8.58. The van der Waals surface area contributed by atoms with E-state index >= 15 is 0 Å². The number of nitro benzene ring substituents is 1. The second-order valence-electron chi connectivity index (χ2n) is 4.48. The van der Waals surface area contributed by atoms with Gasteiger partial charge in [0.2, 0.25) is 0 Å². The molecule has 5 nitrogen and oxygen atoms in total. The highest BCUT2D eigenvalue weighted by molar-refractivity contribution is 5.57. The molecule has 0 fully saturated rings. The lowest BCUT2D eigenvalue weighted by atomic mass is 10.1. The van der Waals surface area contributed by atoms with Crippen LogP contribution in [-0.4, -0.2) is 17.5 Å². The monoisotopic (exact) mass is 251 g/mol. The summed E-state index contributed by atoms with van der Waals surface area (Å²) >= 11 is 0. The minimum Gasteiger partial charge on any atom is -0.381 e. The number of hydrogen-bond donors (Lipinski definition) is 2. The molecule has 0 aliphatic carbocycles. The number of nitrogens with one attached hydrogen (secondary N) is 1. The number of anilines is 1. The molecule has 1 aromatic carbocycles. The fraction of sp³-hybridized carbons (Fsp3) is 0.538. The van der Waals surface area contributed by atoms with Crippen molar-refractivity contribution in [3.63, 3.8) is 0 Å². The van der Waals surface area contributed by atoms with Gasteiger partial charge in [-0.2, -0.15) is 0 Å². The van der Waals surface area contributed by atoms with E-state index in [0.717, 1.165) is 30.5 Å². The Kier molecular flexibility index (Phi) is 5.58. The van der Waals surface area contributed by atoms with Crippen LogP contribution in [0.15, 0.2) is 18.2 Å². The van der Waals surface area contributed by atoms with E-state index in [1.165, 1.54) is 6.07 Å². The Balaban J connectivity index is 2.80. The highest BCUT2D eigenvalue weighted by Gasteiger charge is 2.11. The number of benzene rings is 1. The van der Waals surface area contributed by atoms with E-state index in [1.807, 2.05) is 6.92 Å². The molecule has 1 atom stereocenters. The van der Waals surface area contributed by atoms with Crippen molar-refractivity contribution in [2.75, 3.05) is 11.9 Å². The number of unbranched alkanes of at least 4 members (excludes halogenated alkanes) is 1. The summed E-state index contributed by atoms with van der Waals surface area (Å²) in [5.41, 5.74) is 7.62. The molecule has 5 heteroatoms. The third-order valence-electron chi connectivity index (χ3n) is 2.98. The largest absolute Gasteiger partial charge is 0.381 e. The first kappa shape index (κ1) is 14.4. The number of rotatable bonds is 7. The van der Waals surface area contributed by atoms with Crippen LogP contribution in [0.1, 0.15) is 31.7 Å². The van der Waals surface area contributed by atoms with Gasteiger partial charge in [0.15, 0.2) is 0 Å². The standard InChI is InChI=1S/C13H21N3O2/c1-3-4-5-11(9-14)15-13-8-12(16(17)18)7-6-10(13)2/h6-8,11,15H,3-5,9,14H2,1-2H3. The average molecular weight is 251 g/mol. The topological polar surface area (TPSA) is 81.2 Å². The number of nitrogens with zero attached hydrogens (tertiary/aromatic N) is 1. The molecule has 0 amide bonds. The lowest BCUT2D eigenvalue weighted by molar-refractivity contribution is -0.384. The van der Waals surface area contributed by atoms with Gasteiger partial charge < -0.3 is 11.1 Å². The molecular formula is C13H21N3O2. The van der Waals surface area contributed by atoms with E-state index in [2.05, 4.69) is 12.2 Å². The van der Waals surface area contributed by atoms with Crippen LogP contribution in [0.5, 0.6) is 0 Å². The molecule has 0 aliphatic heterocycles. The van der Waals surface area contributed by atoms with E-state index in [0.29, 0.717) is 6.54 Å². The highest BCUT2D eigenvalue weighted by atomic mass is 16.6. The van der Waals surface area contributed by atoms with Crippen molar-refractivity contribution < 1.29 is 4.92 Å². The maximum absolute atomic E-state index is 10.7. The first-order valence-electron chi connectivity index (χ1n) is 6.30. The van der Waals surface area contributed by atoms with Crippen LogP contribution in [0.2, 0.25) is 0 Å². The van der Waals surface area contributed by atoms with Gasteiger partial charge in [-0.25, -0.2) is 0 Å². The van der Waals surface area contributed by atoms with Gasteiger partial charge in [0.25, 0.3) is 5.69 Å². The van der Waals surface area contributed by atoms with E-state index in [9.17, 15) is 10.1 Å². The minimum atomic E-state index is -0.381. The van der Waals surface area contributed by atoms with Gasteiger partial charge in [-0.15, -0.1) is 0 Å². The van der Waals surface area contributed by atoms with E-state index < -0.39 is 0 Å². The Labute approximate surface area is 108 Å². The number of aryl methyl sites for hydroxylation is 1. The second-order valence-corrected chi connectivity index (χ2v) is 4.48. The van der Waals surface area contributed by atoms with Crippen molar-refractivity contribution in [3.05, 3.63) is 33.9 Å². The van der Waals surface area contributed by atoms with Crippen LogP contribution < -0.4 is 11.1 Å². The Morgan fingerprint density at radius 2 is 2.22 bits per heavy atom. The lowest BCUT2D eigenvalue weighted by Gasteiger charge is -2.19. The summed E-state index contributed by atoms with van der Waals surface area (Å²) in [6, 6.07) is 5.02. The SMILES string of the molecule is CCCCC(CN)Nc1cc([N+](=O)[O-])ccc1C. The smallest absolute Gasteiger partial charge is 0.271 e. The van der Waals surface area contributed by atoms with Crippen LogP contribution in [0, 0.1) is 17.0 Å². The number of hydrogen-bond acceptors (Lipinski definition) is 4. The Morgan fingerprint density at radius 1 is 1.50 bits per heavy atom. The minimum absolute atomic E-state index is 0.106. The van der Waals surface area contributed by atoms with Crippen molar-refractivity contribution in [2.45, 2.75) is 39.2 Å². The second kappa shape index (κ2) is 6.96. The van der Waals surface area contributed by atoms with Crippen LogP contribution in [-0.2, 0) is 0 Å². The molecule has 1 rings (SSSR count). The molecule has 0 bridgehead atoms. The fourth-order valence-electron chi connectivity index (χ4n) is 1.80. The van der Waals surface area contributed by atoms with Gasteiger partial charge in [-0.05, 0) is 18.9 Å². The summed E-state index contributed by atoms with van der Waals surface area (Å²) in [5, 5.41) is 14.0. The van der Waals surface area contributed by atoms with Gasteiger partial charge in [0.1, 0.15) is 0 Å². The number of non-ortho nitro benzene ring substituents is 1. The van der Waals surface area contributed by atoms with Crippen molar-refractivity contribution in [2.24, 2.45) is 5.73 Å². The molecule has 18 heavy (non-hydrogen) atoms. The predicted octanol–water partition coefficient (Wildman–Crippen LogP) is 2.83. The highest BCUT2D eigenvalue weighted by Crippen LogP contribution is 2.23. The van der Waals surface area contributed by atoms with Gasteiger partial charge in [-0.1, -0.05) is 25.8 Å². The normalized spacial score (nSPS) is 12.2. The zero-order valence-electron chi connectivity index (χ0n) is 11.0. The van der Waals surface area contributed by atoms with Gasteiger partial charge in [0.05, 0.1) is 4.92 Å². The first-order valence-corrected chi connectivity index (χ1v) is 6.30. The summed E-state index contributed by atoms with van der Waals surface area (Å²) in [4.78, 5) is 10.4. The van der Waals surface area contributed by atoms with E-state index in [4.69, 9.17) is 5.73 Å². The Morgan fingerprint density at radius 3 is 2.78 bits per heavy atom. The quantitative estimate of drug-likeness (QED) is 0.576. The van der Waals surface area contributed by atoms with Gasteiger partial charge >= 0.3 is 0 Å². The lowest BCUT2D eigenvalue weighted by Crippen LogP contribution is -2.29. The zero-order chi connectivity index (χ0) is 13.5. The van der Waals surface area contributed by atoms with Crippen molar-refractivity contribution in [1.82, 2.24) is 0 Å². The van der Waals surface area contributed by atoms with E-state index in [1.54, 1.807) is 12.1 Å². The Bertz CT molecular complexity index is 407. The van der Waals surface area contributed by atoms with Crippen molar-refractivity contribution in [1.29, 1.82) is 0 Å². The van der Waals surface area contributed by atoms with Crippen LogP contribution >= 0.6 is 0 Å². The summed E-state index contributed by atoms with van der Waals surface area (Å²) in [7, 11) is 0. The molecule has 0 radical (unpaired) electrons. The van der Waals surface area contributed by atoms with Crippen LogP contribution in [0.25, 0.3) is 0 Å². The molecule has 1 aromatic rings. The third kappa shape index (κ3) is 4.00. The van der Waals surface area contributed by atoms with Crippen LogP contribution in [0.3, 0.4) is 0 Å². The average Bonchev–Trinajstić information content (AvgIpc) is 2.36. The summed E-state index contributed by atoms with van der Waals surface area (Å²) in [6.07, 6.45) is 3.20. The predicted molar refractivity (Wildman–Crippen MR) is 73.8 cm³/mol. The zero-order valence-corrected chi connectivity index (χ0v) is 11.0. The Hall–Kier alpha value is -1.62. The molecule has 1 unspecified atom stereocenters. The molecule has 100 valence electrons. The summed E-state index contributed by atoms with van der Waals surface area (Å²) in [6.45, 7) is 4.59. The van der Waals surface area contributed by atoms with Crippen molar-refractivity contribution >= 4 is 11.4 Å². The molecule has 0 heterocycles. The van der Waals surface area contributed by atoms with Gasteiger partial charge in [-0.3, -0.25) is 10.1 Å². The molecular weight excluding hydrogens is 230 g/mol. The summed E-state index contributed by atoms with van der Waals surface area (Å²) in [5.74, 6) is 0. The molecule has 3 N–H and O–H groups in total. The third-order valence-corrected chi connectivity index (χ3v) is 2.98. The van der Waals surface area contributed by atoms with Crippen LogP contribution in [0.4, 0.5) is 11.4 Å². The maximum atomic E-state index is 10.7. The maximum Gasteiger partial charge on any atom is 0.271 e. The molecule has 0 aliphatic rings. The molecule has 0 saturated heterocycles. The number of nitrogens with two attached hydrogens (primary N) is 1. The molecule has 0 aromatic heterocycles. The molecule has 0 saturated carbocycles. The van der Waals surface area contributed by atoms with Crippen molar-refractivity contribution in [3.8, 4) is 0 Å². The van der Waals surface area contributed by atoms with E-state index in [-0.39, 0.29) is 16.7 Å². The summed E-state index contributed by atoms with van der Waals surface area (Å²) < 4.78 is 0. The molecule has 0 spiro atoms. The van der Waals surface area contributed by atoms with Gasteiger partial charge in [0, 0.05) is 30.4 Å². The fourth-order valence-corrected chi connectivity index (χ4v) is 1.80. The number of nitro groups is 1.